The van der Waals surface area contributed by atoms with Gasteiger partial charge in [-0.1, -0.05) is 6.92 Å². The first-order valence-electron chi connectivity index (χ1n) is 7.47. The lowest BCUT2D eigenvalue weighted by molar-refractivity contribution is 0.801. The number of anilines is 2. The Balaban J connectivity index is 2.21. The minimum Gasteiger partial charge on any atom is -0.370 e. The van der Waals surface area contributed by atoms with Crippen molar-refractivity contribution in [2.75, 3.05) is 17.2 Å². The number of rotatable bonds is 7. The molecule has 114 valence electrons. The molecule has 0 radical (unpaired) electrons. The van der Waals surface area contributed by atoms with E-state index < -0.39 is 0 Å². The summed E-state index contributed by atoms with van der Waals surface area (Å²) < 4.78 is 2.00. The lowest BCUT2D eigenvalue weighted by Gasteiger charge is -2.14. The zero-order valence-corrected chi connectivity index (χ0v) is 13.3. The molecule has 0 spiro atoms. The Morgan fingerprint density at radius 3 is 2.43 bits per heavy atom. The van der Waals surface area contributed by atoms with E-state index in [0.717, 1.165) is 48.2 Å². The normalized spacial score (nSPS) is 10.7. The number of imidazole rings is 1. The summed E-state index contributed by atoms with van der Waals surface area (Å²) in [6.07, 6.45) is 5.66. The van der Waals surface area contributed by atoms with E-state index in [-0.39, 0.29) is 0 Å². The first-order chi connectivity index (χ1) is 10.2. The van der Waals surface area contributed by atoms with E-state index in [1.165, 1.54) is 0 Å². The van der Waals surface area contributed by atoms with Crippen LogP contribution < -0.4 is 10.6 Å². The second-order valence-electron chi connectivity index (χ2n) is 5.05. The number of nitrogens with zero attached hydrogens (tertiary/aromatic N) is 4. The van der Waals surface area contributed by atoms with Gasteiger partial charge in [0.05, 0.1) is 6.54 Å². The van der Waals surface area contributed by atoms with E-state index in [9.17, 15) is 0 Å². The molecule has 2 heterocycles. The fourth-order valence-corrected chi connectivity index (χ4v) is 2.14. The number of nitrogens with one attached hydrogen (secondary N) is 2. The average Bonchev–Trinajstić information content (AvgIpc) is 2.87. The van der Waals surface area contributed by atoms with Crippen LogP contribution in [0.5, 0.6) is 0 Å². The van der Waals surface area contributed by atoms with Crippen LogP contribution in [0.15, 0.2) is 12.4 Å². The fourth-order valence-electron chi connectivity index (χ4n) is 2.14. The van der Waals surface area contributed by atoms with E-state index in [0.29, 0.717) is 6.54 Å². The molecule has 2 aromatic heterocycles. The Labute approximate surface area is 126 Å². The third-order valence-electron chi connectivity index (χ3n) is 3.34. The van der Waals surface area contributed by atoms with Gasteiger partial charge in [-0.15, -0.1) is 0 Å². The van der Waals surface area contributed by atoms with Crippen molar-refractivity contribution in [2.45, 2.75) is 40.2 Å². The van der Waals surface area contributed by atoms with Crippen LogP contribution in [0.3, 0.4) is 0 Å². The minimum absolute atomic E-state index is 0.651. The monoisotopic (exact) mass is 288 g/mol. The Kier molecular flexibility index (Phi) is 5.14. The Bertz CT molecular complexity index is 590. The van der Waals surface area contributed by atoms with Gasteiger partial charge in [-0.05, 0) is 20.3 Å². The molecular formula is C15H24N6. The molecule has 0 aliphatic carbocycles. The maximum absolute atomic E-state index is 4.63. The SMILES string of the molecule is CCCc1nc(NCC)c(C)c(NCc2nccn2C)n1. The van der Waals surface area contributed by atoms with E-state index >= 15 is 0 Å². The number of hydrogen-bond acceptors (Lipinski definition) is 5. The lowest BCUT2D eigenvalue weighted by atomic mass is 10.2. The summed E-state index contributed by atoms with van der Waals surface area (Å²) in [5.41, 5.74) is 1.05. The molecule has 0 aliphatic heterocycles. The molecule has 0 bridgehead atoms. The van der Waals surface area contributed by atoms with Crippen LogP contribution >= 0.6 is 0 Å². The summed E-state index contributed by atoms with van der Waals surface area (Å²) in [7, 11) is 1.99. The van der Waals surface area contributed by atoms with Crippen LogP contribution in [0.25, 0.3) is 0 Å². The average molecular weight is 288 g/mol. The van der Waals surface area contributed by atoms with E-state index in [2.05, 4.69) is 39.4 Å². The lowest BCUT2D eigenvalue weighted by Crippen LogP contribution is -2.12. The van der Waals surface area contributed by atoms with E-state index in [1.807, 2.05) is 24.7 Å². The van der Waals surface area contributed by atoms with Gasteiger partial charge in [0.2, 0.25) is 0 Å². The highest BCUT2D eigenvalue weighted by atomic mass is 15.1. The molecule has 0 aromatic carbocycles. The quantitative estimate of drug-likeness (QED) is 0.819. The van der Waals surface area contributed by atoms with Gasteiger partial charge in [-0.3, -0.25) is 0 Å². The van der Waals surface area contributed by atoms with Crippen molar-refractivity contribution in [3.63, 3.8) is 0 Å². The second-order valence-corrected chi connectivity index (χ2v) is 5.05. The van der Waals surface area contributed by atoms with Crippen LogP contribution in [0.2, 0.25) is 0 Å². The topological polar surface area (TPSA) is 67.7 Å². The van der Waals surface area contributed by atoms with Gasteiger partial charge in [0.1, 0.15) is 23.3 Å². The van der Waals surface area contributed by atoms with Crippen molar-refractivity contribution in [2.24, 2.45) is 7.05 Å². The van der Waals surface area contributed by atoms with Crippen molar-refractivity contribution < 1.29 is 0 Å². The molecule has 2 aromatic rings. The van der Waals surface area contributed by atoms with Gasteiger partial charge in [-0.2, -0.15) is 0 Å². The smallest absolute Gasteiger partial charge is 0.135 e. The van der Waals surface area contributed by atoms with Gasteiger partial charge >= 0.3 is 0 Å². The number of aryl methyl sites for hydroxylation is 2. The zero-order valence-electron chi connectivity index (χ0n) is 13.3. The van der Waals surface area contributed by atoms with Crippen molar-refractivity contribution in [3.05, 3.63) is 29.6 Å². The van der Waals surface area contributed by atoms with Crippen molar-refractivity contribution in [1.82, 2.24) is 19.5 Å². The summed E-state index contributed by atoms with van der Waals surface area (Å²) in [4.78, 5) is 13.5. The molecular weight excluding hydrogens is 264 g/mol. The highest BCUT2D eigenvalue weighted by Crippen LogP contribution is 2.21. The Hall–Kier alpha value is -2.11. The predicted molar refractivity (Wildman–Crippen MR) is 85.5 cm³/mol. The van der Waals surface area contributed by atoms with Gasteiger partial charge in [-0.25, -0.2) is 15.0 Å². The molecule has 6 heteroatoms. The molecule has 2 rings (SSSR count). The van der Waals surface area contributed by atoms with Crippen LogP contribution in [-0.2, 0) is 20.0 Å². The third-order valence-corrected chi connectivity index (χ3v) is 3.34. The molecule has 21 heavy (non-hydrogen) atoms. The number of aromatic nitrogens is 4. The van der Waals surface area contributed by atoms with Gasteiger partial charge in [0.15, 0.2) is 0 Å². The van der Waals surface area contributed by atoms with Crippen molar-refractivity contribution in [3.8, 4) is 0 Å². The molecule has 0 atom stereocenters. The van der Waals surface area contributed by atoms with E-state index in [4.69, 9.17) is 0 Å². The molecule has 0 fully saturated rings. The standard InChI is InChI=1S/C15H24N6/c1-5-7-12-19-14(16-6-2)11(3)15(20-12)18-10-13-17-8-9-21(13)4/h8-9H,5-7,10H2,1-4H3,(H2,16,18,19,20). The van der Waals surface area contributed by atoms with Crippen LogP contribution in [0, 0.1) is 6.92 Å². The highest BCUT2D eigenvalue weighted by Gasteiger charge is 2.10. The first kappa shape index (κ1) is 15.3. The maximum Gasteiger partial charge on any atom is 0.135 e. The molecule has 0 amide bonds. The van der Waals surface area contributed by atoms with Crippen LogP contribution in [0.1, 0.15) is 37.5 Å². The molecule has 0 saturated carbocycles. The Morgan fingerprint density at radius 1 is 1.14 bits per heavy atom. The minimum atomic E-state index is 0.651. The van der Waals surface area contributed by atoms with Gasteiger partial charge in [0, 0.05) is 38.0 Å². The van der Waals surface area contributed by atoms with Gasteiger partial charge < -0.3 is 15.2 Å². The molecule has 6 nitrogen and oxygen atoms in total. The van der Waals surface area contributed by atoms with Crippen molar-refractivity contribution >= 4 is 11.6 Å². The molecule has 2 N–H and O–H groups in total. The van der Waals surface area contributed by atoms with Crippen molar-refractivity contribution in [1.29, 1.82) is 0 Å². The van der Waals surface area contributed by atoms with E-state index in [1.54, 1.807) is 6.20 Å². The van der Waals surface area contributed by atoms with Crippen LogP contribution in [-0.4, -0.2) is 26.1 Å². The molecule has 0 unspecified atom stereocenters. The summed E-state index contributed by atoms with van der Waals surface area (Å²) in [6, 6.07) is 0. The Morgan fingerprint density at radius 2 is 1.86 bits per heavy atom. The zero-order chi connectivity index (χ0) is 15.2. The summed E-state index contributed by atoms with van der Waals surface area (Å²) in [5.74, 6) is 3.65. The van der Waals surface area contributed by atoms with Gasteiger partial charge in [0.25, 0.3) is 0 Å². The highest BCUT2D eigenvalue weighted by molar-refractivity contribution is 5.57. The van der Waals surface area contributed by atoms with Crippen LogP contribution in [0.4, 0.5) is 11.6 Å². The predicted octanol–water partition coefficient (Wildman–Crippen LogP) is 2.51. The molecule has 0 saturated heterocycles. The second kappa shape index (κ2) is 7.06. The third kappa shape index (κ3) is 3.71. The summed E-state index contributed by atoms with van der Waals surface area (Å²) in [6.45, 7) is 7.74. The maximum atomic E-state index is 4.63. The summed E-state index contributed by atoms with van der Waals surface area (Å²) in [5, 5.41) is 6.69. The summed E-state index contributed by atoms with van der Waals surface area (Å²) >= 11 is 0. The first-order valence-corrected chi connectivity index (χ1v) is 7.47. The molecule has 0 aliphatic rings. The largest absolute Gasteiger partial charge is 0.370 e. The fraction of sp³-hybridized carbons (Fsp3) is 0.533. The number of hydrogen-bond donors (Lipinski definition) is 2.